The first-order valence-electron chi connectivity index (χ1n) is 15.6. The van der Waals surface area contributed by atoms with Crippen molar-refractivity contribution in [3.63, 3.8) is 0 Å². The number of aromatic nitrogens is 5. The van der Waals surface area contributed by atoms with Gasteiger partial charge in [-0.25, -0.2) is 27.8 Å². The van der Waals surface area contributed by atoms with Crippen LogP contribution in [-0.2, 0) is 44.6 Å². The minimum absolute atomic E-state index is 0.00918. The summed E-state index contributed by atoms with van der Waals surface area (Å²) in [7, 11) is 0.824. The zero-order valence-corrected chi connectivity index (χ0v) is 29.1. The van der Waals surface area contributed by atoms with Gasteiger partial charge in [0.15, 0.2) is 22.5 Å². The van der Waals surface area contributed by atoms with Crippen LogP contribution in [0.3, 0.4) is 0 Å². The van der Waals surface area contributed by atoms with E-state index in [4.69, 9.17) is 18.9 Å². The smallest absolute Gasteiger partial charge is 0.182 e. The fourth-order valence-corrected chi connectivity index (χ4v) is 7.79. The van der Waals surface area contributed by atoms with Crippen molar-refractivity contribution in [1.29, 1.82) is 0 Å². The average Bonchev–Trinajstić information content (AvgIpc) is 3.66. The SMILES string of the molecule is C[C@@H]1OCC2(CCN(c3nc4cnn(-c5ccc6ccn(C)c6c5)c4nc3COS(=O)C(C)(C)C)CC2)[C@@H]1NS(=O)C(C)(C)C. The maximum absolute atomic E-state index is 13.1. The fraction of sp³-hybridized carbons (Fsp3) is 0.594. The van der Waals surface area contributed by atoms with Crippen LogP contribution in [0.15, 0.2) is 36.7 Å². The first-order valence-corrected chi connectivity index (χ1v) is 17.8. The topological polar surface area (TPSA) is 116 Å². The number of hydrogen-bond acceptors (Lipinski definition) is 8. The van der Waals surface area contributed by atoms with Gasteiger partial charge in [0, 0.05) is 37.3 Å². The molecule has 4 aromatic rings. The second-order valence-electron chi connectivity index (χ2n) is 14.4. The minimum Gasteiger partial charge on any atom is -0.376 e. The monoisotopic (exact) mass is 655 g/mol. The Morgan fingerprint density at radius 1 is 1.07 bits per heavy atom. The van der Waals surface area contributed by atoms with E-state index < -0.39 is 26.8 Å². The predicted molar refractivity (Wildman–Crippen MR) is 180 cm³/mol. The Balaban J connectivity index is 1.32. The summed E-state index contributed by atoms with van der Waals surface area (Å²) in [5.74, 6) is 0.718. The van der Waals surface area contributed by atoms with Gasteiger partial charge in [-0.05, 0) is 84.9 Å². The molecule has 2 fully saturated rings. The molecule has 5 heterocycles. The molecule has 1 spiro atoms. The molecule has 13 heteroatoms. The van der Waals surface area contributed by atoms with Crippen molar-refractivity contribution in [3.8, 4) is 5.69 Å². The van der Waals surface area contributed by atoms with Crippen LogP contribution in [0.1, 0.15) is 67.0 Å². The van der Waals surface area contributed by atoms with Gasteiger partial charge >= 0.3 is 0 Å². The van der Waals surface area contributed by atoms with Gasteiger partial charge in [-0.3, -0.25) is 4.18 Å². The van der Waals surface area contributed by atoms with E-state index in [-0.39, 0.29) is 28.9 Å². The Labute approximate surface area is 270 Å². The molecule has 0 amide bonds. The number of fused-ring (bicyclic) bond motifs is 2. The molecule has 2 unspecified atom stereocenters. The summed E-state index contributed by atoms with van der Waals surface area (Å²) < 4.78 is 44.5. The Kier molecular flexibility index (Phi) is 8.47. The molecule has 0 saturated carbocycles. The van der Waals surface area contributed by atoms with Gasteiger partial charge in [-0.1, -0.05) is 6.07 Å². The van der Waals surface area contributed by atoms with Crippen molar-refractivity contribution in [2.24, 2.45) is 12.5 Å². The Bertz CT molecular complexity index is 1760. The van der Waals surface area contributed by atoms with Crippen LogP contribution < -0.4 is 9.62 Å². The number of hydrogen-bond donors (Lipinski definition) is 1. The van der Waals surface area contributed by atoms with Crippen LogP contribution in [0.2, 0.25) is 0 Å². The summed E-state index contributed by atoms with van der Waals surface area (Å²) in [5, 5.41) is 5.83. The number of aryl methyl sites for hydroxylation is 1. The van der Waals surface area contributed by atoms with Crippen molar-refractivity contribution >= 4 is 50.0 Å². The van der Waals surface area contributed by atoms with Crippen LogP contribution >= 0.6 is 0 Å². The molecule has 0 aliphatic carbocycles. The summed E-state index contributed by atoms with van der Waals surface area (Å²) in [6.45, 7) is 15.8. The summed E-state index contributed by atoms with van der Waals surface area (Å²) >= 11 is -1.52. The van der Waals surface area contributed by atoms with E-state index in [0.717, 1.165) is 48.3 Å². The molecule has 1 aromatic carbocycles. The van der Waals surface area contributed by atoms with Crippen LogP contribution in [0.4, 0.5) is 5.82 Å². The molecule has 3 aromatic heterocycles. The molecule has 6 rings (SSSR count). The Hall–Kier alpha value is -2.71. The average molecular weight is 656 g/mol. The first-order chi connectivity index (χ1) is 21.2. The minimum atomic E-state index is -1.52. The van der Waals surface area contributed by atoms with Crippen LogP contribution in [0.5, 0.6) is 0 Å². The number of anilines is 1. The molecule has 4 atom stereocenters. The highest BCUT2D eigenvalue weighted by Gasteiger charge is 2.51. The number of nitrogens with zero attached hydrogens (tertiary/aromatic N) is 6. The molecule has 11 nitrogen and oxygen atoms in total. The van der Waals surface area contributed by atoms with Gasteiger partial charge in [-0.2, -0.15) is 5.10 Å². The molecular weight excluding hydrogens is 611 g/mol. The predicted octanol–water partition coefficient (Wildman–Crippen LogP) is 4.71. The van der Waals surface area contributed by atoms with Crippen LogP contribution in [-0.4, -0.2) is 74.1 Å². The molecule has 0 radical (unpaired) electrons. The lowest BCUT2D eigenvalue weighted by Crippen LogP contribution is -2.55. The van der Waals surface area contributed by atoms with Crippen molar-refractivity contribution in [2.45, 2.75) is 89.6 Å². The largest absolute Gasteiger partial charge is 0.376 e. The lowest BCUT2D eigenvalue weighted by atomic mass is 9.73. The van der Waals surface area contributed by atoms with E-state index in [9.17, 15) is 8.42 Å². The van der Waals surface area contributed by atoms with Gasteiger partial charge < -0.3 is 14.2 Å². The quantitative estimate of drug-likeness (QED) is 0.304. The van der Waals surface area contributed by atoms with E-state index in [1.54, 1.807) is 10.9 Å². The van der Waals surface area contributed by atoms with Gasteiger partial charge in [0.05, 0.1) is 51.1 Å². The number of piperidine rings is 1. The van der Waals surface area contributed by atoms with E-state index in [1.807, 2.05) is 60.9 Å². The maximum atomic E-state index is 13.1. The van der Waals surface area contributed by atoms with Crippen LogP contribution in [0, 0.1) is 5.41 Å². The van der Waals surface area contributed by atoms with Gasteiger partial charge in [0.1, 0.15) is 17.8 Å². The number of rotatable bonds is 7. The summed E-state index contributed by atoms with van der Waals surface area (Å²) in [4.78, 5) is 12.4. The van der Waals surface area contributed by atoms with Gasteiger partial charge in [-0.15, -0.1) is 0 Å². The summed E-state index contributed by atoms with van der Waals surface area (Å²) in [5.41, 5.74) is 3.77. The molecule has 2 aliphatic rings. The highest BCUT2D eigenvalue weighted by molar-refractivity contribution is 7.84. The van der Waals surface area contributed by atoms with Crippen molar-refractivity contribution in [2.75, 3.05) is 24.6 Å². The highest BCUT2D eigenvalue weighted by Crippen LogP contribution is 2.44. The number of ether oxygens (including phenoxy) is 1. The molecule has 0 bridgehead atoms. The first kappa shape index (κ1) is 32.2. The molecule has 2 saturated heterocycles. The molecule has 45 heavy (non-hydrogen) atoms. The molecule has 1 N–H and O–H groups in total. The molecule has 244 valence electrons. The zero-order chi connectivity index (χ0) is 32.3. The van der Waals surface area contributed by atoms with Crippen molar-refractivity contribution in [1.82, 2.24) is 29.0 Å². The van der Waals surface area contributed by atoms with Crippen molar-refractivity contribution < 1.29 is 17.3 Å². The van der Waals surface area contributed by atoms with Crippen LogP contribution in [0.25, 0.3) is 27.8 Å². The normalized spacial score (nSPS) is 22.1. The zero-order valence-electron chi connectivity index (χ0n) is 27.5. The van der Waals surface area contributed by atoms with Gasteiger partial charge in [0.25, 0.3) is 0 Å². The lowest BCUT2D eigenvalue weighted by molar-refractivity contribution is 0.0973. The summed E-state index contributed by atoms with van der Waals surface area (Å²) in [6, 6.07) is 8.27. The Morgan fingerprint density at radius 3 is 2.49 bits per heavy atom. The second kappa shape index (κ2) is 11.8. The molecule has 2 aliphatic heterocycles. The summed E-state index contributed by atoms with van der Waals surface area (Å²) in [6.07, 6.45) is 5.45. The van der Waals surface area contributed by atoms with E-state index in [1.165, 1.54) is 0 Å². The third-order valence-electron chi connectivity index (χ3n) is 8.98. The second-order valence-corrected chi connectivity index (χ2v) is 18.3. The third-order valence-corrected chi connectivity index (χ3v) is 11.9. The molecular formula is C32H45N7O4S2. The van der Waals surface area contributed by atoms with Crippen molar-refractivity contribution in [3.05, 3.63) is 42.4 Å². The third kappa shape index (κ3) is 6.21. The fourth-order valence-electron chi connectivity index (χ4n) is 6.19. The Morgan fingerprint density at radius 2 is 1.80 bits per heavy atom. The number of benzene rings is 1. The van der Waals surface area contributed by atoms with E-state index >= 15 is 0 Å². The van der Waals surface area contributed by atoms with Gasteiger partial charge in [0.2, 0.25) is 0 Å². The van der Waals surface area contributed by atoms with E-state index in [2.05, 4.69) is 44.4 Å². The standard InChI is InChI=1S/C32H45N7O4S2/c1-21-27(36-44(40)30(2,3)4)32(20-42-21)12-15-38(16-13-32)28-25(19-43-45(41)31(5,6)7)35-29-24(34-28)18-33-39(29)23-10-9-22-11-14-37(8)26(22)17-23/h9-11,14,17-18,21,27,36H,12-13,15-16,19-20H2,1-8H3/t21-,27+,44?,45?/m0/s1. The van der Waals surface area contributed by atoms with E-state index in [0.29, 0.717) is 23.5 Å². The lowest BCUT2D eigenvalue weighted by Gasteiger charge is -2.43. The maximum Gasteiger partial charge on any atom is 0.182 e. The highest BCUT2D eigenvalue weighted by atomic mass is 32.2. The number of nitrogens with one attached hydrogen (secondary N) is 1.